The molecule has 4 aromatic rings. The number of ether oxygens (including phenoxy) is 2. The maximum absolute atomic E-state index is 15.2. The minimum absolute atomic E-state index is 0.0289. The fourth-order valence-electron chi connectivity index (χ4n) is 4.49. The van der Waals surface area contributed by atoms with Crippen LogP contribution in [0.15, 0.2) is 30.3 Å². The molecule has 182 valence electrons. The van der Waals surface area contributed by atoms with Crippen LogP contribution in [0.2, 0.25) is 0 Å². The van der Waals surface area contributed by atoms with Gasteiger partial charge in [-0.25, -0.2) is 13.8 Å². The van der Waals surface area contributed by atoms with Crippen molar-refractivity contribution < 1.29 is 23.0 Å². The van der Waals surface area contributed by atoms with Crippen molar-refractivity contribution in [1.82, 2.24) is 19.9 Å². The molecular formula is C24H24F2N6O3. The van der Waals surface area contributed by atoms with E-state index in [2.05, 4.69) is 15.0 Å². The van der Waals surface area contributed by atoms with E-state index in [1.165, 1.54) is 26.4 Å². The number of benzene rings is 2. The first kappa shape index (κ1) is 22.6. The summed E-state index contributed by atoms with van der Waals surface area (Å²) in [6.07, 6.45) is 0. The maximum atomic E-state index is 15.2. The highest BCUT2D eigenvalue weighted by atomic mass is 19.1. The van der Waals surface area contributed by atoms with E-state index in [0.29, 0.717) is 41.6 Å². The highest BCUT2D eigenvalue weighted by Crippen LogP contribution is 2.37. The summed E-state index contributed by atoms with van der Waals surface area (Å²) in [5.41, 5.74) is 7.26. The molecule has 0 spiro atoms. The SMILES string of the molecule is COc1cc2c(N)nc(N3CCN(C(=O)c4cc5cc(F)ccc5[nH]4)C[C@@H]3C)nc2c(F)c1OC. The van der Waals surface area contributed by atoms with Crippen LogP contribution in [0, 0.1) is 11.6 Å². The van der Waals surface area contributed by atoms with Gasteiger partial charge in [-0.1, -0.05) is 0 Å². The average Bonchev–Trinajstić information content (AvgIpc) is 3.26. The fourth-order valence-corrected chi connectivity index (χ4v) is 4.49. The summed E-state index contributed by atoms with van der Waals surface area (Å²) in [4.78, 5) is 28.6. The monoisotopic (exact) mass is 482 g/mol. The van der Waals surface area contributed by atoms with Gasteiger partial charge in [-0.3, -0.25) is 4.79 Å². The Morgan fingerprint density at radius 3 is 2.66 bits per heavy atom. The molecule has 0 bridgehead atoms. The van der Waals surface area contributed by atoms with Crippen LogP contribution in [0.3, 0.4) is 0 Å². The molecule has 2 aromatic carbocycles. The molecule has 3 heterocycles. The Morgan fingerprint density at radius 1 is 1.14 bits per heavy atom. The molecule has 0 unspecified atom stereocenters. The van der Waals surface area contributed by atoms with E-state index in [4.69, 9.17) is 15.2 Å². The van der Waals surface area contributed by atoms with Gasteiger partial charge in [0.1, 0.15) is 22.8 Å². The Bertz CT molecular complexity index is 1460. The lowest BCUT2D eigenvalue weighted by Crippen LogP contribution is -2.54. The van der Waals surface area contributed by atoms with Gasteiger partial charge in [-0.2, -0.15) is 4.98 Å². The number of nitrogens with two attached hydrogens (primary N) is 1. The molecule has 0 aliphatic carbocycles. The zero-order valence-electron chi connectivity index (χ0n) is 19.4. The largest absolute Gasteiger partial charge is 0.493 e. The minimum Gasteiger partial charge on any atom is -0.493 e. The molecule has 35 heavy (non-hydrogen) atoms. The molecule has 3 N–H and O–H groups in total. The Kier molecular flexibility index (Phi) is 5.54. The lowest BCUT2D eigenvalue weighted by molar-refractivity contribution is 0.0720. The van der Waals surface area contributed by atoms with Gasteiger partial charge in [0.15, 0.2) is 17.3 Å². The predicted molar refractivity (Wildman–Crippen MR) is 128 cm³/mol. The van der Waals surface area contributed by atoms with E-state index in [1.54, 1.807) is 23.1 Å². The second-order valence-electron chi connectivity index (χ2n) is 8.44. The number of nitrogens with zero attached hydrogens (tertiary/aromatic N) is 4. The number of aromatic amines is 1. The number of nitrogen functional groups attached to an aromatic ring is 1. The van der Waals surface area contributed by atoms with Crippen molar-refractivity contribution in [3.05, 3.63) is 47.7 Å². The number of carbonyl (C=O) groups excluding carboxylic acids is 1. The topological polar surface area (TPSA) is 110 Å². The molecule has 11 heteroatoms. The van der Waals surface area contributed by atoms with Crippen LogP contribution in [-0.2, 0) is 0 Å². The summed E-state index contributed by atoms with van der Waals surface area (Å²) in [7, 11) is 2.76. The number of nitrogens with one attached hydrogen (secondary N) is 1. The first-order valence-electron chi connectivity index (χ1n) is 11.0. The van der Waals surface area contributed by atoms with Gasteiger partial charge >= 0.3 is 0 Å². The molecule has 9 nitrogen and oxygen atoms in total. The number of halogens is 2. The molecule has 2 aromatic heterocycles. The summed E-state index contributed by atoms with van der Waals surface area (Å²) < 4.78 is 39.0. The summed E-state index contributed by atoms with van der Waals surface area (Å²) in [5.74, 6) is -0.724. The fraction of sp³-hybridized carbons (Fsp3) is 0.292. The van der Waals surface area contributed by atoms with Gasteiger partial charge in [0.25, 0.3) is 5.91 Å². The summed E-state index contributed by atoms with van der Waals surface area (Å²) in [5, 5.41) is 0.953. The first-order valence-corrected chi connectivity index (χ1v) is 11.0. The van der Waals surface area contributed by atoms with Crippen LogP contribution in [0.4, 0.5) is 20.5 Å². The number of H-pyrrole nitrogens is 1. The molecule has 1 aliphatic heterocycles. The van der Waals surface area contributed by atoms with Gasteiger partial charge in [0.05, 0.1) is 14.2 Å². The van der Waals surface area contributed by atoms with Crippen molar-refractivity contribution in [2.45, 2.75) is 13.0 Å². The number of methoxy groups -OCH3 is 2. The zero-order valence-corrected chi connectivity index (χ0v) is 19.4. The number of fused-ring (bicyclic) bond motifs is 2. The van der Waals surface area contributed by atoms with Crippen molar-refractivity contribution in [3.63, 3.8) is 0 Å². The van der Waals surface area contributed by atoms with E-state index in [9.17, 15) is 9.18 Å². The quantitative estimate of drug-likeness (QED) is 0.459. The van der Waals surface area contributed by atoms with Gasteiger partial charge in [0.2, 0.25) is 5.95 Å². The van der Waals surface area contributed by atoms with Crippen LogP contribution in [0.25, 0.3) is 21.8 Å². The number of hydrogen-bond acceptors (Lipinski definition) is 7. The Hall–Kier alpha value is -4.15. The number of piperazine rings is 1. The van der Waals surface area contributed by atoms with Gasteiger partial charge < -0.3 is 30.0 Å². The number of hydrogen-bond donors (Lipinski definition) is 2. The number of amides is 1. The third-order valence-corrected chi connectivity index (χ3v) is 6.28. The lowest BCUT2D eigenvalue weighted by atomic mass is 10.1. The predicted octanol–water partition coefficient (Wildman–Crippen LogP) is 3.34. The molecule has 0 saturated carbocycles. The van der Waals surface area contributed by atoms with E-state index >= 15 is 4.39 Å². The molecule has 1 aliphatic rings. The Morgan fingerprint density at radius 2 is 1.94 bits per heavy atom. The highest BCUT2D eigenvalue weighted by molar-refractivity contribution is 5.98. The Balaban J connectivity index is 1.41. The number of aromatic nitrogens is 3. The molecule has 1 fully saturated rings. The van der Waals surface area contributed by atoms with E-state index < -0.39 is 5.82 Å². The van der Waals surface area contributed by atoms with Gasteiger partial charge in [-0.05, 0) is 37.3 Å². The highest BCUT2D eigenvalue weighted by Gasteiger charge is 2.30. The Labute approximate surface area is 199 Å². The van der Waals surface area contributed by atoms with Crippen LogP contribution in [-0.4, -0.2) is 65.7 Å². The lowest BCUT2D eigenvalue weighted by Gasteiger charge is -2.39. The molecular weight excluding hydrogens is 458 g/mol. The zero-order chi connectivity index (χ0) is 24.9. The summed E-state index contributed by atoms with van der Waals surface area (Å²) in [6.45, 7) is 3.12. The van der Waals surface area contributed by atoms with Crippen LogP contribution < -0.4 is 20.1 Å². The van der Waals surface area contributed by atoms with E-state index in [-0.39, 0.29) is 46.5 Å². The van der Waals surface area contributed by atoms with Crippen molar-refractivity contribution in [2.75, 3.05) is 44.5 Å². The minimum atomic E-state index is -0.686. The third-order valence-electron chi connectivity index (χ3n) is 6.28. The summed E-state index contributed by atoms with van der Waals surface area (Å²) in [6, 6.07) is 7.35. The van der Waals surface area contributed by atoms with Crippen LogP contribution in [0.5, 0.6) is 11.5 Å². The molecule has 0 radical (unpaired) electrons. The van der Waals surface area contributed by atoms with Gasteiger partial charge in [-0.15, -0.1) is 0 Å². The van der Waals surface area contributed by atoms with Crippen molar-refractivity contribution >= 4 is 39.5 Å². The van der Waals surface area contributed by atoms with Crippen molar-refractivity contribution in [3.8, 4) is 11.5 Å². The standard InChI is InChI=1S/C24H24F2N6O3/c1-12-11-31(23(33)17-9-13-8-14(25)4-5-16(13)28-17)6-7-32(12)24-29-20-15(22(27)30-24)10-18(34-2)21(35-3)19(20)26/h4-5,8-10,12,28H,6-7,11H2,1-3H3,(H2,27,29,30)/t12-/m0/s1. The van der Waals surface area contributed by atoms with Crippen molar-refractivity contribution in [2.24, 2.45) is 0 Å². The number of carbonyl (C=O) groups is 1. The van der Waals surface area contributed by atoms with Gasteiger partial charge in [0, 0.05) is 42.0 Å². The van der Waals surface area contributed by atoms with Crippen LogP contribution in [0.1, 0.15) is 17.4 Å². The molecule has 1 atom stereocenters. The third kappa shape index (κ3) is 3.82. The molecule has 1 amide bonds. The van der Waals surface area contributed by atoms with E-state index in [1.807, 2.05) is 11.8 Å². The summed E-state index contributed by atoms with van der Waals surface area (Å²) >= 11 is 0. The molecule has 1 saturated heterocycles. The molecule has 5 rings (SSSR count). The average molecular weight is 482 g/mol. The number of rotatable bonds is 4. The van der Waals surface area contributed by atoms with E-state index in [0.717, 1.165) is 0 Å². The normalized spacial score (nSPS) is 16.2. The number of anilines is 2. The van der Waals surface area contributed by atoms with Crippen molar-refractivity contribution in [1.29, 1.82) is 0 Å². The first-order chi connectivity index (χ1) is 16.8. The maximum Gasteiger partial charge on any atom is 0.270 e. The second-order valence-corrected chi connectivity index (χ2v) is 8.44. The second kappa shape index (κ2) is 8.57. The van der Waals surface area contributed by atoms with Crippen LogP contribution >= 0.6 is 0 Å². The smallest absolute Gasteiger partial charge is 0.270 e.